The van der Waals surface area contributed by atoms with Gasteiger partial charge in [0.1, 0.15) is 10.8 Å². The molecule has 0 atom stereocenters. The van der Waals surface area contributed by atoms with Crippen molar-refractivity contribution in [2.45, 2.75) is 37.8 Å². The SMILES string of the molecule is O=C(NC1CCC(O)CC1)c1cc(Cl)c(Cl)[nH]1. The summed E-state index contributed by atoms with van der Waals surface area (Å²) in [6, 6.07) is 1.63. The van der Waals surface area contributed by atoms with Crippen LogP contribution in [0, 0.1) is 0 Å². The number of aromatic amines is 1. The molecule has 1 saturated carbocycles. The summed E-state index contributed by atoms with van der Waals surface area (Å²) in [7, 11) is 0. The van der Waals surface area contributed by atoms with Crippen LogP contribution in [0.1, 0.15) is 36.2 Å². The highest BCUT2D eigenvalue weighted by Gasteiger charge is 2.22. The van der Waals surface area contributed by atoms with Gasteiger partial charge in [-0.1, -0.05) is 23.2 Å². The largest absolute Gasteiger partial charge is 0.393 e. The van der Waals surface area contributed by atoms with Gasteiger partial charge in [-0.05, 0) is 31.7 Å². The van der Waals surface area contributed by atoms with Crippen LogP contribution in [0.2, 0.25) is 10.2 Å². The molecule has 0 saturated heterocycles. The number of amides is 1. The minimum Gasteiger partial charge on any atom is -0.393 e. The van der Waals surface area contributed by atoms with Crippen molar-refractivity contribution in [3.8, 4) is 0 Å². The zero-order valence-electron chi connectivity index (χ0n) is 9.17. The summed E-state index contributed by atoms with van der Waals surface area (Å²) >= 11 is 11.5. The van der Waals surface area contributed by atoms with Gasteiger partial charge in [-0.25, -0.2) is 0 Å². The molecule has 1 heterocycles. The number of rotatable bonds is 2. The molecular formula is C11H14Cl2N2O2. The lowest BCUT2D eigenvalue weighted by Crippen LogP contribution is -2.38. The summed E-state index contributed by atoms with van der Waals surface area (Å²) in [5.41, 5.74) is 0.367. The van der Waals surface area contributed by atoms with Gasteiger partial charge < -0.3 is 15.4 Å². The van der Waals surface area contributed by atoms with Gasteiger partial charge in [0, 0.05) is 6.04 Å². The summed E-state index contributed by atoms with van der Waals surface area (Å²) in [5, 5.41) is 12.9. The van der Waals surface area contributed by atoms with Crippen molar-refractivity contribution in [1.82, 2.24) is 10.3 Å². The molecule has 94 valence electrons. The predicted molar refractivity (Wildman–Crippen MR) is 66.5 cm³/mol. The van der Waals surface area contributed by atoms with Crippen molar-refractivity contribution in [1.29, 1.82) is 0 Å². The number of nitrogens with one attached hydrogen (secondary N) is 2. The van der Waals surface area contributed by atoms with E-state index in [0.29, 0.717) is 10.7 Å². The minimum absolute atomic E-state index is 0.117. The van der Waals surface area contributed by atoms with E-state index in [-0.39, 0.29) is 23.2 Å². The van der Waals surface area contributed by atoms with E-state index in [1.54, 1.807) is 0 Å². The Balaban J connectivity index is 1.93. The zero-order valence-corrected chi connectivity index (χ0v) is 10.7. The topological polar surface area (TPSA) is 65.1 Å². The lowest BCUT2D eigenvalue weighted by molar-refractivity contribution is 0.0864. The van der Waals surface area contributed by atoms with Crippen LogP contribution in [0.15, 0.2) is 6.07 Å². The molecule has 1 aromatic rings. The van der Waals surface area contributed by atoms with Gasteiger partial charge in [0.25, 0.3) is 5.91 Å². The van der Waals surface area contributed by atoms with Gasteiger partial charge in [-0.15, -0.1) is 0 Å². The highest BCUT2D eigenvalue weighted by molar-refractivity contribution is 6.41. The van der Waals surface area contributed by atoms with Crippen LogP contribution >= 0.6 is 23.2 Å². The van der Waals surface area contributed by atoms with E-state index in [0.717, 1.165) is 25.7 Å². The van der Waals surface area contributed by atoms with Gasteiger partial charge in [-0.3, -0.25) is 4.79 Å². The third kappa shape index (κ3) is 3.15. The van der Waals surface area contributed by atoms with E-state index in [4.69, 9.17) is 23.2 Å². The van der Waals surface area contributed by atoms with Crippen LogP contribution in [0.5, 0.6) is 0 Å². The number of hydrogen-bond acceptors (Lipinski definition) is 2. The number of carbonyl (C=O) groups excluding carboxylic acids is 1. The van der Waals surface area contributed by atoms with Crippen molar-refractivity contribution < 1.29 is 9.90 Å². The monoisotopic (exact) mass is 276 g/mol. The average molecular weight is 277 g/mol. The summed E-state index contributed by atoms with van der Waals surface area (Å²) in [4.78, 5) is 14.6. The van der Waals surface area contributed by atoms with E-state index >= 15 is 0 Å². The first-order valence-electron chi connectivity index (χ1n) is 5.59. The Morgan fingerprint density at radius 1 is 1.35 bits per heavy atom. The van der Waals surface area contributed by atoms with Gasteiger partial charge >= 0.3 is 0 Å². The van der Waals surface area contributed by atoms with Crippen molar-refractivity contribution in [2.24, 2.45) is 0 Å². The Morgan fingerprint density at radius 2 is 2.00 bits per heavy atom. The quantitative estimate of drug-likeness (QED) is 0.777. The van der Waals surface area contributed by atoms with E-state index in [2.05, 4.69) is 10.3 Å². The molecule has 0 aliphatic heterocycles. The summed E-state index contributed by atoms with van der Waals surface area (Å²) in [6.07, 6.45) is 2.84. The molecule has 3 N–H and O–H groups in total. The minimum atomic E-state index is -0.225. The van der Waals surface area contributed by atoms with Crippen molar-refractivity contribution in [3.63, 3.8) is 0 Å². The van der Waals surface area contributed by atoms with Crippen LogP contribution in [0.4, 0.5) is 0 Å². The van der Waals surface area contributed by atoms with Crippen LogP contribution in [0.25, 0.3) is 0 Å². The first-order valence-corrected chi connectivity index (χ1v) is 6.35. The number of halogens is 2. The number of carbonyl (C=O) groups is 1. The normalized spacial score (nSPS) is 24.6. The van der Waals surface area contributed by atoms with E-state index in [1.165, 1.54) is 6.07 Å². The van der Waals surface area contributed by atoms with Crippen LogP contribution in [0.3, 0.4) is 0 Å². The molecule has 1 fully saturated rings. The fourth-order valence-corrected chi connectivity index (χ4v) is 2.32. The molecule has 0 spiro atoms. The number of aliphatic hydroxyl groups excluding tert-OH is 1. The molecule has 0 radical (unpaired) electrons. The van der Waals surface area contributed by atoms with E-state index in [1.807, 2.05) is 0 Å². The molecule has 1 amide bonds. The molecule has 6 heteroatoms. The molecular weight excluding hydrogens is 263 g/mol. The highest BCUT2D eigenvalue weighted by atomic mass is 35.5. The maximum atomic E-state index is 11.8. The Hall–Kier alpha value is -0.710. The maximum Gasteiger partial charge on any atom is 0.268 e. The second-order valence-electron chi connectivity index (χ2n) is 4.32. The number of hydrogen-bond donors (Lipinski definition) is 3. The predicted octanol–water partition coefficient (Wildman–Crippen LogP) is 2.35. The summed E-state index contributed by atoms with van der Waals surface area (Å²) in [5.74, 6) is -0.208. The van der Waals surface area contributed by atoms with Crippen LogP contribution in [-0.4, -0.2) is 28.1 Å². The second kappa shape index (κ2) is 5.29. The van der Waals surface area contributed by atoms with Gasteiger partial charge in [0.05, 0.1) is 11.1 Å². The molecule has 1 aliphatic carbocycles. The number of aromatic nitrogens is 1. The first-order chi connectivity index (χ1) is 8.06. The first kappa shape index (κ1) is 12.7. The van der Waals surface area contributed by atoms with Crippen LogP contribution < -0.4 is 5.32 Å². The summed E-state index contributed by atoms with van der Waals surface area (Å²) in [6.45, 7) is 0. The van der Waals surface area contributed by atoms with Gasteiger partial charge in [0.15, 0.2) is 0 Å². The highest BCUT2D eigenvalue weighted by Crippen LogP contribution is 2.23. The Labute approximate surface area is 109 Å². The van der Waals surface area contributed by atoms with Crippen molar-refractivity contribution >= 4 is 29.1 Å². The summed E-state index contributed by atoms with van der Waals surface area (Å²) < 4.78 is 0. The van der Waals surface area contributed by atoms with Crippen LogP contribution in [-0.2, 0) is 0 Å². The molecule has 1 aliphatic rings. The Morgan fingerprint density at radius 3 is 2.53 bits per heavy atom. The molecule has 0 unspecified atom stereocenters. The number of H-pyrrole nitrogens is 1. The maximum absolute atomic E-state index is 11.8. The van der Waals surface area contributed by atoms with E-state index < -0.39 is 0 Å². The van der Waals surface area contributed by atoms with Gasteiger partial charge in [0.2, 0.25) is 0 Å². The Kier molecular flexibility index (Phi) is 3.97. The fourth-order valence-electron chi connectivity index (χ4n) is 2.01. The smallest absolute Gasteiger partial charge is 0.268 e. The third-order valence-corrected chi connectivity index (χ3v) is 3.69. The van der Waals surface area contributed by atoms with Gasteiger partial charge in [-0.2, -0.15) is 0 Å². The Bertz CT molecular complexity index is 392. The lowest BCUT2D eigenvalue weighted by atomic mass is 9.93. The standard InChI is InChI=1S/C11H14Cl2N2O2/c12-8-5-9(15-10(8)13)11(17)14-6-1-3-7(16)4-2-6/h5-7,15-16H,1-4H2,(H,14,17). The lowest BCUT2D eigenvalue weighted by Gasteiger charge is -2.25. The van der Waals surface area contributed by atoms with E-state index in [9.17, 15) is 9.90 Å². The molecule has 1 aromatic heterocycles. The second-order valence-corrected chi connectivity index (χ2v) is 5.11. The number of aliphatic hydroxyl groups is 1. The zero-order chi connectivity index (χ0) is 12.4. The molecule has 2 rings (SSSR count). The average Bonchev–Trinajstić information content (AvgIpc) is 2.63. The molecule has 0 aromatic carbocycles. The third-order valence-electron chi connectivity index (χ3n) is 3.00. The van der Waals surface area contributed by atoms with Crippen molar-refractivity contribution in [3.05, 3.63) is 21.9 Å². The molecule has 4 nitrogen and oxygen atoms in total. The molecule has 0 bridgehead atoms. The van der Waals surface area contributed by atoms with Crippen molar-refractivity contribution in [2.75, 3.05) is 0 Å². The fraction of sp³-hybridized carbons (Fsp3) is 0.545. The molecule has 17 heavy (non-hydrogen) atoms.